The molecule has 0 fully saturated rings. The van der Waals surface area contributed by atoms with Gasteiger partial charge >= 0.3 is 0 Å². The first-order valence-corrected chi connectivity index (χ1v) is 9.97. The van der Waals surface area contributed by atoms with E-state index in [9.17, 15) is 0 Å². The number of rotatable bonds is 13. The first kappa shape index (κ1) is 17.6. The van der Waals surface area contributed by atoms with Crippen molar-refractivity contribution >= 4 is 22.5 Å². The Hall–Kier alpha value is 0.640. The van der Waals surface area contributed by atoms with Crippen LogP contribution in [0.1, 0.15) is 71.1 Å². The first-order chi connectivity index (χ1) is 8.31. The summed E-state index contributed by atoms with van der Waals surface area (Å²) in [5, 5.41) is 0. The van der Waals surface area contributed by atoms with E-state index >= 15 is 0 Å². The van der Waals surface area contributed by atoms with Crippen molar-refractivity contribution in [3.05, 3.63) is 0 Å². The Labute approximate surface area is 117 Å². The Morgan fingerprint density at radius 2 is 1.18 bits per heavy atom. The summed E-state index contributed by atoms with van der Waals surface area (Å²) in [5.41, 5.74) is 0. The number of hydrogen-bond donors (Lipinski definition) is 0. The van der Waals surface area contributed by atoms with Crippen molar-refractivity contribution in [3.63, 3.8) is 0 Å². The monoisotopic (exact) mass is 279 g/mol. The van der Waals surface area contributed by atoms with Gasteiger partial charge in [0, 0.05) is 0 Å². The van der Waals surface area contributed by atoms with E-state index in [2.05, 4.69) is 13.2 Å². The number of hydrogen-bond acceptors (Lipinski definition) is 0. The molecule has 0 spiro atoms. The lowest BCUT2D eigenvalue weighted by atomic mass is 10.1. The highest BCUT2D eigenvalue weighted by molar-refractivity contribution is 7.96. The minimum atomic E-state index is 0.585. The van der Waals surface area contributed by atoms with E-state index in [1.807, 2.05) is 0 Å². The molecule has 0 aromatic carbocycles. The molecule has 104 valence electrons. The molecule has 0 saturated heterocycles. The van der Waals surface area contributed by atoms with Crippen molar-refractivity contribution < 1.29 is 0 Å². The summed E-state index contributed by atoms with van der Waals surface area (Å²) in [6, 6.07) is 0. The van der Waals surface area contributed by atoms with Gasteiger partial charge in [0.1, 0.15) is 11.5 Å². The van der Waals surface area contributed by atoms with Crippen LogP contribution in [-0.4, -0.2) is 23.6 Å². The molecular weight excluding hydrogens is 248 g/mol. The van der Waals surface area contributed by atoms with E-state index in [0.717, 1.165) is 5.88 Å². The van der Waals surface area contributed by atoms with Gasteiger partial charge in [-0.25, -0.2) is 0 Å². The molecule has 2 heteroatoms. The molecule has 0 rings (SSSR count). The molecule has 0 aromatic heterocycles. The van der Waals surface area contributed by atoms with Gasteiger partial charge in [-0.15, -0.1) is 11.6 Å². The van der Waals surface area contributed by atoms with Crippen LogP contribution in [0.15, 0.2) is 0 Å². The van der Waals surface area contributed by atoms with Crippen LogP contribution in [-0.2, 0) is 10.9 Å². The van der Waals surface area contributed by atoms with E-state index in [1.54, 1.807) is 0 Å². The zero-order chi connectivity index (χ0) is 12.8. The van der Waals surface area contributed by atoms with E-state index in [4.69, 9.17) is 11.6 Å². The Morgan fingerprint density at radius 1 is 0.706 bits per heavy atom. The molecule has 0 bridgehead atoms. The van der Waals surface area contributed by atoms with Gasteiger partial charge in [-0.3, -0.25) is 0 Å². The second-order valence-corrected chi connectivity index (χ2v) is 7.82. The van der Waals surface area contributed by atoms with E-state index < -0.39 is 0 Å². The van der Waals surface area contributed by atoms with Crippen molar-refractivity contribution in [1.82, 2.24) is 0 Å². The van der Waals surface area contributed by atoms with Gasteiger partial charge in [-0.05, 0) is 23.7 Å². The van der Waals surface area contributed by atoms with Crippen molar-refractivity contribution in [2.24, 2.45) is 0 Å². The normalized spacial score (nSPS) is 12.9. The number of unbranched alkanes of at least 4 members (excludes halogenated alkanes) is 9. The summed E-state index contributed by atoms with van der Waals surface area (Å²) in [6.07, 6.45) is 16.8. The summed E-state index contributed by atoms with van der Waals surface area (Å²) < 4.78 is 0. The second kappa shape index (κ2) is 14.7. The van der Waals surface area contributed by atoms with Crippen molar-refractivity contribution in [1.29, 1.82) is 0 Å². The van der Waals surface area contributed by atoms with Crippen molar-refractivity contribution in [3.8, 4) is 0 Å². The van der Waals surface area contributed by atoms with Crippen molar-refractivity contribution in [2.75, 3.05) is 23.6 Å². The van der Waals surface area contributed by atoms with Crippen LogP contribution in [0, 0.1) is 0 Å². The van der Waals surface area contributed by atoms with Crippen LogP contribution in [0.3, 0.4) is 0 Å². The van der Waals surface area contributed by atoms with E-state index in [-0.39, 0.29) is 0 Å². The smallest absolute Gasteiger partial charge is 0.121 e. The highest BCUT2D eigenvalue weighted by atomic mass is 35.5. The molecule has 0 N–H and O–H groups in total. The summed E-state index contributed by atoms with van der Waals surface area (Å²) in [7, 11) is 0.585. The van der Waals surface area contributed by atoms with E-state index in [1.165, 1.54) is 75.7 Å². The molecule has 0 saturated carbocycles. The molecular formula is C15H32ClS+. The minimum absolute atomic E-state index is 0.585. The molecule has 0 heterocycles. The second-order valence-electron chi connectivity index (χ2n) is 5.06. The maximum Gasteiger partial charge on any atom is 0.121 e. The fraction of sp³-hybridized carbons (Fsp3) is 1.00. The summed E-state index contributed by atoms with van der Waals surface area (Å²) in [4.78, 5) is 0. The molecule has 1 unspecified atom stereocenters. The predicted molar refractivity (Wildman–Crippen MR) is 85.6 cm³/mol. The lowest BCUT2D eigenvalue weighted by Crippen LogP contribution is -2.10. The third-order valence-corrected chi connectivity index (χ3v) is 5.57. The maximum atomic E-state index is 5.74. The lowest BCUT2D eigenvalue weighted by Gasteiger charge is -2.03. The van der Waals surface area contributed by atoms with Gasteiger partial charge in [0.2, 0.25) is 0 Å². The Bertz CT molecular complexity index is 139. The summed E-state index contributed by atoms with van der Waals surface area (Å²) in [6.45, 7) is 2.28. The third-order valence-electron chi connectivity index (χ3n) is 3.27. The Morgan fingerprint density at radius 3 is 1.65 bits per heavy atom. The van der Waals surface area contributed by atoms with Gasteiger partial charge < -0.3 is 0 Å². The van der Waals surface area contributed by atoms with Gasteiger partial charge in [-0.2, -0.15) is 0 Å². The number of alkyl halides is 1. The van der Waals surface area contributed by atoms with Gasteiger partial charge in [0.05, 0.1) is 12.1 Å². The average molecular weight is 280 g/mol. The lowest BCUT2D eigenvalue weighted by molar-refractivity contribution is 0.563. The molecule has 0 aliphatic carbocycles. The average Bonchev–Trinajstić information content (AvgIpc) is 2.32. The SMILES string of the molecule is CCCCCCCCCCCC[S+](C)CCCl. The molecule has 0 aromatic rings. The maximum absolute atomic E-state index is 5.74. The molecule has 0 amide bonds. The van der Waals surface area contributed by atoms with Crippen LogP contribution in [0.25, 0.3) is 0 Å². The Balaban J connectivity index is 2.98. The number of halogens is 1. The highest BCUT2D eigenvalue weighted by Crippen LogP contribution is 2.11. The van der Waals surface area contributed by atoms with Gasteiger partial charge in [0.25, 0.3) is 0 Å². The van der Waals surface area contributed by atoms with Crippen LogP contribution in [0.4, 0.5) is 0 Å². The standard InChI is InChI=1S/C15H32ClS/c1-3-4-5-6-7-8-9-10-11-12-14-17(2)15-13-16/h3-15H2,1-2H3/q+1. The quantitative estimate of drug-likeness (QED) is 0.241. The predicted octanol–water partition coefficient (Wildman–Crippen LogP) is 5.39. The minimum Gasteiger partial charge on any atom is -0.122 e. The fourth-order valence-electron chi connectivity index (χ4n) is 2.07. The summed E-state index contributed by atoms with van der Waals surface area (Å²) in [5.74, 6) is 3.47. The zero-order valence-electron chi connectivity index (χ0n) is 12.0. The first-order valence-electron chi connectivity index (χ1n) is 7.46. The highest BCUT2D eigenvalue weighted by Gasteiger charge is 2.08. The molecule has 17 heavy (non-hydrogen) atoms. The molecule has 1 atom stereocenters. The summed E-state index contributed by atoms with van der Waals surface area (Å²) >= 11 is 5.74. The fourth-order valence-corrected chi connectivity index (χ4v) is 4.02. The van der Waals surface area contributed by atoms with Gasteiger partial charge in [-0.1, -0.05) is 58.3 Å². The van der Waals surface area contributed by atoms with Crippen LogP contribution < -0.4 is 0 Å². The largest absolute Gasteiger partial charge is 0.122 e. The third kappa shape index (κ3) is 14.6. The molecule has 0 radical (unpaired) electrons. The van der Waals surface area contributed by atoms with Crippen LogP contribution >= 0.6 is 11.6 Å². The van der Waals surface area contributed by atoms with Gasteiger partial charge in [0.15, 0.2) is 0 Å². The van der Waals surface area contributed by atoms with Crippen LogP contribution in [0.2, 0.25) is 0 Å². The van der Waals surface area contributed by atoms with Crippen LogP contribution in [0.5, 0.6) is 0 Å². The molecule has 0 aliphatic rings. The molecule has 0 aliphatic heterocycles. The van der Waals surface area contributed by atoms with Crippen molar-refractivity contribution in [2.45, 2.75) is 71.1 Å². The van der Waals surface area contributed by atoms with E-state index in [0.29, 0.717) is 10.9 Å². The Kier molecular flexibility index (Phi) is 15.3. The molecule has 0 nitrogen and oxygen atoms in total. The topological polar surface area (TPSA) is 0 Å². The zero-order valence-corrected chi connectivity index (χ0v) is 13.6.